The maximum absolute atomic E-state index is 9.96. The predicted molar refractivity (Wildman–Crippen MR) is 467 cm³/mol. The molecule has 16 heteroatoms. The SMILES string of the molecule is N#Cc1ccc2c(c1)B1c3ccccc3-n3c4ccccc4c4ccc(c1c43)O2.N#Cc1ccc2c(c1)Oc1ccc3c4ccccc4n4c3c1B2c1ccccc1-4.N#Cc1cccc2c1B1c3ccccc3-n3c4ccccc4c4ccc(c1c43)O2.N#Cc1cccc2c1B1c3ccccc3Oc3ccc4c5ccccc5n-2c4c31. The Balaban J connectivity index is 0.0000000866. The lowest BCUT2D eigenvalue weighted by atomic mass is 9.34. The van der Waals surface area contributed by atoms with E-state index in [1.54, 1.807) is 0 Å². The fraction of sp³-hybridized carbons (Fsp3) is 0. The van der Waals surface area contributed by atoms with Crippen molar-refractivity contribution in [3.05, 3.63) is 338 Å². The summed E-state index contributed by atoms with van der Waals surface area (Å²) in [5, 5.41) is 48.5. The van der Waals surface area contributed by atoms with Gasteiger partial charge in [0.05, 0.1) is 85.1 Å². The molecule has 0 saturated heterocycles. The Hall–Kier alpha value is -15.9. The summed E-state index contributed by atoms with van der Waals surface area (Å²) in [6, 6.07) is 118. The van der Waals surface area contributed by atoms with Crippen LogP contribution in [0, 0.1) is 45.3 Å². The zero-order valence-electron chi connectivity index (χ0n) is 61.5. The third-order valence-electron chi connectivity index (χ3n) is 25.2. The smallest absolute Gasteiger partial charge is 0.258 e. The van der Waals surface area contributed by atoms with Crippen molar-refractivity contribution in [2.24, 2.45) is 0 Å². The van der Waals surface area contributed by atoms with E-state index in [1.165, 1.54) is 126 Å². The van der Waals surface area contributed by atoms with E-state index < -0.39 is 0 Å². The van der Waals surface area contributed by atoms with Gasteiger partial charge in [-0.2, -0.15) is 21.0 Å². The van der Waals surface area contributed by atoms with Gasteiger partial charge in [0.15, 0.2) is 0 Å². The largest absolute Gasteiger partial charge is 0.458 e. The maximum atomic E-state index is 9.96. The normalized spacial score (nSPS) is 13.0. The van der Waals surface area contributed by atoms with Gasteiger partial charge in [0.1, 0.15) is 46.0 Å². The van der Waals surface area contributed by atoms with Crippen molar-refractivity contribution in [3.63, 3.8) is 0 Å². The molecule has 12 heterocycles. The highest BCUT2D eigenvalue weighted by molar-refractivity contribution is 7.02. The van der Waals surface area contributed by atoms with Crippen molar-refractivity contribution >= 4 is 180 Å². The summed E-state index contributed by atoms with van der Waals surface area (Å²) in [4.78, 5) is 0. The van der Waals surface area contributed by atoms with Crippen LogP contribution in [0.25, 0.3) is 110 Å². The van der Waals surface area contributed by atoms with Gasteiger partial charge in [-0.05, 0) is 217 Å². The standard InChI is InChI=1S/4C25H13BN2O/c27-14-15-6-5-10-20-23(15)26-18-8-2-4-11-21(18)29-22-13-12-17-16-7-1-3-9-19(16)28(20)25(17)24(22)26;27-14-15-6-5-11-21-23(15)26-18-8-2-4-10-20(18)28-19-9-3-1-7-16(19)17-12-13-22(29-21)24(26)25(17)28;27-14-15-9-11-22-19(13-15)26-18-6-2-4-8-21(18)28-20-7-3-1-5-16(20)17-10-12-23(29-22)24(26)25(17)28;27-14-15-9-11-19-23(13-15)29-22-12-10-17-16-5-1-3-7-20(16)28-21-8-4-2-6-18(21)26(19)24(22)25(17)28/h4*1-13H. The van der Waals surface area contributed by atoms with Crippen LogP contribution in [-0.2, 0) is 0 Å². The van der Waals surface area contributed by atoms with Crippen molar-refractivity contribution in [1.82, 2.24) is 18.3 Å². The summed E-state index contributed by atoms with van der Waals surface area (Å²) in [7, 11) is 0. The molecule has 0 spiro atoms. The molecule has 8 aliphatic rings. The van der Waals surface area contributed by atoms with E-state index in [1.807, 2.05) is 78.9 Å². The van der Waals surface area contributed by atoms with E-state index in [4.69, 9.17) is 18.9 Å². The quantitative estimate of drug-likeness (QED) is 0.136. The summed E-state index contributed by atoms with van der Waals surface area (Å²) in [6.45, 7) is 0.125. The Morgan fingerprint density at radius 3 is 1.02 bits per heavy atom. The molecule has 20 aromatic rings. The molecule has 4 aromatic heterocycles. The molecule has 0 unspecified atom stereocenters. The molecule has 0 fully saturated rings. The van der Waals surface area contributed by atoms with Crippen LogP contribution in [0.1, 0.15) is 22.3 Å². The van der Waals surface area contributed by atoms with Crippen molar-refractivity contribution in [2.75, 3.05) is 0 Å². The van der Waals surface area contributed by atoms with E-state index >= 15 is 0 Å². The molecule has 0 N–H and O–H groups in total. The number of nitriles is 4. The van der Waals surface area contributed by atoms with Crippen molar-refractivity contribution in [1.29, 1.82) is 21.0 Å². The van der Waals surface area contributed by atoms with Crippen LogP contribution >= 0.6 is 0 Å². The molecule has 0 bridgehead atoms. The molecule has 0 aliphatic carbocycles. The molecule has 116 heavy (non-hydrogen) atoms. The van der Waals surface area contributed by atoms with Crippen LogP contribution in [0.15, 0.2) is 315 Å². The van der Waals surface area contributed by atoms with Crippen LogP contribution in [0.2, 0.25) is 0 Å². The molecule has 0 saturated carbocycles. The van der Waals surface area contributed by atoms with E-state index in [-0.39, 0.29) is 26.9 Å². The minimum absolute atomic E-state index is 0.0127. The summed E-state index contributed by atoms with van der Waals surface area (Å²) in [5.74, 6) is 6.79. The van der Waals surface area contributed by atoms with Gasteiger partial charge in [0, 0.05) is 71.4 Å². The van der Waals surface area contributed by atoms with E-state index in [0.29, 0.717) is 16.7 Å². The monoisotopic (exact) mass is 1470 g/mol. The molecule has 16 aromatic carbocycles. The van der Waals surface area contributed by atoms with E-state index in [0.717, 1.165) is 101 Å². The highest BCUT2D eigenvalue weighted by atomic mass is 16.5. The fourth-order valence-corrected chi connectivity index (χ4v) is 20.7. The van der Waals surface area contributed by atoms with Gasteiger partial charge < -0.3 is 37.2 Å². The molecule has 0 atom stereocenters. The number of ether oxygens (including phenoxy) is 4. The number of aromatic nitrogens is 4. The number of hydrogen-bond acceptors (Lipinski definition) is 8. The molecule has 12 nitrogen and oxygen atoms in total. The lowest BCUT2D eigenvalue weighted by molar-refractivity contribution is 0.487. The predicted octanol–water partition coefficient (Wildman–Crippen LogP) is 14.4. The molecule has 8 aliphatic heterocycles. The summed E-state index contributed by atoms with van der Waals surface area (Å²) < 4.78 is 34.8. The first-order chi connectivity index (χ1) is 57.4. The molecule has 28 rings (SSSR count). The Morgan fingerprint density at radius 2 is 0.526 bits per heavy atom. The second kappa shape index (κ2) is 23.8. The third kappa shape index (κ3) is 8.50. The third-order valence-corrected chi connectivity index (χ3v) is 25.2. The maximum Gasteiger partial charge on any atom is 0.258 e. The first-order valence-electron chi connectivity index (χ1n) is 38.9. The number of rotatable bonds is 0. The second-order valence-electron chi connectivity index (χ2n) is 30.7. The summed E-state index contributed by atoms with van der Waals surface area (Å²) in [6.07, 6.45) is 0. The van der Waals surface area contributed by atoms with Crippen molar-refractivity contribution in [2.45, 2.75) is 0 Å². The zero-order chi connectivity index (χ0) is 76.4. The first kappa shape index (κ1) is 63.9. The van der Waals surface area contributed by atoms with Gasteiger partial charge in [-0.25, -0.2) is 0 Å². The number of para-hydroxylation sites is 8. The van der Waals surface area contributed by atoms with Gasteiger partial charge in [-0.1, -0.05) is 164 Å². The van der Waals surface area contributed by atoms with Crippen LogP contribution < -0.4 is 84.5 Å². The number of benzene rings is 16. The number of fused-ring (bicyclic) bond motifs is 32. The minimum Gasteiger partial charge on any atom is -0.458 e. The summed E-state index contributed by atoms with van der Waals surface area (Å²) in [5.41, 5.74) is 30.7. The van der Waals surface area contributed by atoms with Crippen LogP contribution in [0.3, 0.4) is 0 Å². The minimum atomic E-state index is -0.0127. The average molecular weight is 1470 g/mol. The van der Waals surface area contributed by atoms with Crippen LogP contribution in [0.5, 0.6) is 46.0 Å². The Labute approximate surface area is 664 Å². The topological polar surface area (TPSA) is 152 Å². The van der Waals surface area contributed by atoms with E-state index in [9.17, 15) is 21.0 Å². The Bertz CT molecular complexity index is 8100. The van der Waals surface area contributed by atoms with Crippen LogP contribution in [0.4, 0.5) is 0 Å². The lowest BCUT2D eigenvalue weighted by Crippen LogP contribution is -2.59. The Kier molecular flexibility index (Phi) is 13.1. The van der Waals surface area contributed by atoms with Gasteiger partial charge in [-0.15, -0.1) is 0 Å². The highest BCUT2D eigenvalue weighted by Gasteiger charge is 2.46. The molecular weight excluding hydrogens is 1420 g/mol. The van der Waals surface area contributed by atoms with E-state index in [2.05, 4.69) is 279 Å². The van der Waals surface area contributed by atoms with Gasteiger partial charge in [0.2, 0.25) is 0 Å². The van der Waals surface area contributed by atoms with Crippen LogP contribution in [-0.4, -0.2) is 45.1 Å². The molecule has 0 radical (unpaired) electrons. The second-order valence-corrected chi connectivity index (χ2v) is 30.7. The van der Waals surface area contributed by atoms with Gasteiger partial charge >= 0.3 is 0 Å². The Morgan fingerprint density at radius 1 is 0.207 bits per heavy atom. The average Bonchev–Trinajstić information content (AvgIpc) is 1.45. The summed E-state index contributed by atoms with van der Waals surface area (Å²) >= 11 is 0. The number of nitrogens with zero attached hydrogens (tertiary/aromatic N) is 8. The van der Waals surface area contributed by atoms with Crippen molar-refractivity contribution < 1.29 is 18.9 Å². The van der Waals surface area contributed by atoms with Gasteiger partial charge in [-0.3, -0.25) is 0 Å². The van der Waals surface area contributed by atoms with Gasteiger partial charge in [0.25, 0.3) is 26.9 Å². The first-order valence-corrected chi connectivity index (χ1v) is 38.9. The molecule has 528 valence electrons. The zero-order valence-corrected chi connectivity index (χ0v) is 61.5. The fourth-order valence-electron chi connectivity index (χ4n) is 20.7. The van der Waals surface area contributed by atoms with Crippen molar-refractivity contribution in [3.8, 4) is 93.0 Å². The molecular formula is C100H52B4N8O4. The number of hydrogen-bond donors (Lipinski definition) is 0. The highest BCUT2D eigenvalue weighted by Crippen LogP contribution is 2.45. The molecule has 0 amide bonds. The lowest BCUT2D eigenvalue weighted by Gasteiger charge is -2.33.